The van der Waals surface area contributed by atoms with Crippen LogP contribution in [0.15, 0.2) is 66.7 Å². The van der Waals surface area contributed by atoms with Crippen molar-refractivity contribution < 1.29 is 9.59 Å². The van der Waals surface area contributed by atoms with Crippen LogP contribution >= 0.6 is 0 Å². The van der Waals surface area contributed by atoms with Gasteiger partial charge in [0, 0.05) is 22.3 Å². The van der Waals surface area contributed by atoms with Gasteiger partial charge in [0.2, 0.25) is 5.78 Å². The molecule has 0 spiro atoms. The van der Waals surface area contributed by atoms with Gasteiger partial charge in [-0.15, -0.1) is 0 Å². The highest BCUT2D eigenvalue weighted by Gasteiger charge is 2.20. The highest BCUT2D eigenvalue weighted by atomic mass is 16.2. The maximum Gasteiger partial charge on any atom is 0.226 e. The summed E-state index contributed by atoms with van der Waals surface area (Å²) in [5.41, 5.74) is 11.3. The summed E-state index contributed by atoms with van der Waals surface area (Å²) in [4.78, 5) is 24.7. The van der Waals surface area contributed by atoms with Crippen molar-refractivity contribution in [2.24, 2.45) is 0 Å². The quantitative estimate of drug-likeness (QED) is 0.106. The van der Waals surface area contributed by atoms with Gasteiger partial charge in [0.05, 0.1) is 11.4 Å². The van der Waals surface area contributed by atoms with Gasteiger partial charge in [-0.3, -0.25) is 9.59 Å². The van der Waals surface area contributed by atoms with Crippen LogP contribution in [-0.4, -0.2) is 12.1 Å². The van der Waals surface area contributed by atoms with E-state index in [1.165, 1.54) is 11.1 Å². The number of aryl methyl sites for hydroxylation is 6. The van der Waals surface area contributed by atoms with Gasteiger partial charge in [-0.2, -0.15) is 0 Å². The number of benzene rings is 5. The zero-order valence-corrected chi connectivity index (χ0v) is 22.7. The number of anilines is 4. The van der Waals surface area contributed by atoms with Crippen molar-refractivity contribution in [1.82, 2.24) is 0 Å². The van der Waals surface area contributed by atoms with Crippen molar-refractivity contribution in [3.63, 3.8) is 0 Å². The average Bonchev–Trinajstić information content (AvgIpc) is 2.87. The largest absolute Gasteiger partial charge is 0.353 e. The van der Waals surface area contributed by atoms with Crippen LogP contribution in [0.5, 0.6) is 0 Å². The van der Waals surface area contributed by atoms with Gasteiger partial charge in [0.1, 0.15) is 0 Å². The van der Waals surface area contributed by atoms with E-state index in [-0.39, 0.29) is 0 Å². The second kappa shape index (κ2) is 9.79. The standard InChI is InChI=1S/C34H32N2O2/c1-19-13-21(3)32(22(4)14-19)35-29-12-11-27-28(34(29)36-33-23(5)15-20(2)16-24(33)6)17-25-9-7-8-10-26(25)31(27)30(38)18-37/h7-18,35-36H,1-6H3. The molecule has 2 N–H and O–H groups in total. The molecule has 5 aromatic rings. The molecule has 4 heteroatoms. The van der Waals surface area contributed by atoms with Crippen molar-refractivity contribution in [2.45, 2.75) is 41.5 Å². The molecular formula is C34H32N2O2. The van der Waals surface area contributed by atoms with Crippen LogP contribution in [0.25, 0.3) is 21.5 Å². The average molecular weight is 501 g/mol. The van der Waals surface area contributed by atoms with Gasteiger partial charge in [0.25, 0.3) is 0 Å². The van der Waals surface area contributed by atoms with E-state index >= 15 is 0 Å². The number of hydrogen-bond acceptors (Lipinski definition) is 4. The molecular weight excluding hydrogens is 468 g/mol. The topological polar surface area (TPSA) is 58.2 Å². The lowest BCUT2D eigenvalue weighted by molar-refractivity contribution is -0.104. The minimum absolute atomic E-state index is 0.410. The third kappa shape index (κ3) is 4.43. The fourth-order valence-corrected chi connectivity index (χ4v) is 5.72. The first-order valence-corrected chi connectivity index (χ1v) is 12.9. The summed E-state index contributed by atoms with van der Waals surface area (Å²) in [5, 5.41) is 10.7. The van der Waals surface area contributed by atoms with E-state index in [4.69, 9.17) is 0 Å². The second-order valence-corrected chi connectivity index (χ2v) is 10.3. The number of aldehydes is 1. The predicted octanol–water partition coefficient (Wildman–Crippen LogP) is 8.71. The fraction of sp³-hybridized carbons (Fsp3) is 0.176. The third-order valence-corrected chi connectivity index (χ3v) is 7.26. The highest BCUT2D eigenvalue weighted by molar-refractivity contribution is 6.40. The number of nitrogens with one attached hydrogen (secondary N) is 2. The summed E-state index contributed by atoms with van der Waals surface area (Å²) in [6.07, 6.45) is 0.410. The molecule has 0 saturated carbocycles. The van der Waals surface area contributed by atoms with Gasteiger partial charge in [-0.25, -0.2) is 0 Å². The molecule has 0 bridgehead atoms. The first-order valence-electron chi connectivity index (χ1n) is 12.9. The number of rotatable bonds is 6. The molecule has 0 saturated heterocycles. The molecule has 0 aromatic heterocycles. The van der Waals surface area contributed by atoms with Crippen LogP contribution in [0.1, 0.15) is 43.7 Å². The van der Waals surface area contributed by atoms with Gasteiger partial charge in [-0.05, 0) is 92.1 Å². The van der Waals surface area contributed by atoms with E-state index in [2.05, 4.69) is 82.5 Å². The molecule has 0 amide bonds. The van der Waals surface area contributed by atoms with E-state index in [1.807, 2.05) is 36.4 Å². The Morgan fingerprint density at radius 1 is 0.605 bits per heavy atom. The van der Waals surface area contributed by atoms with Crippen LogP contribution < -0.4 is 10.6 Å². The highest BCUT2D eigenvalue weighted by Crippen LogP contribution is 2.41. The molecule has 5 aromatic carbocycles. The first-order chi connectivity index (χ1) is 18.2. The van der Waals surface area contributed by atoms with Crippen molar-refractivity contribution in [3.8, 4) is 0 Å². The molecule has 0 atom stereocenters. The lowest BCUT2D eigenvalue weighted by Crippen LogP contribution is -2.06. The number of fused-ring (bicyclic) bond motifs is 2. The van der Waals surface area contributed by atoms with Crippen molar-refractivity contribution in [2.75, 3.05) is 10.6 Å². The normalized spacial score (nSPS) is 11.1. The maximum atomic E-state index is 12.9. The Morgan fingerprint density at radius 2 is 1.16 bits per heavy atom. The van der Waals surface area contributed by atoms with Crippen molar-refractivity contribution in [3.05, 3.63) is 106 Å². The summed E-state index contributed by atoms with van der Waals surface area (Å²) in [6, 6.07) is 22.5. The summed E-state index contributed by atoms with van der Waals surface area (Å²) in [6.45, 7) is 12.6. The number of carbonyl (C=O) groups excluding carboxylic acids is 2. The Kier molecular flexibility index (Phi) is 6.50. The van der Waals surface area contributed by atoms with E-state index in [1.54, 1.807) is 0 Å². The lowest BCUT2D eigenvalue weighted by Gasteiger charge is -2.22. The maximum absolute atomic E-state index is 12.9. The molecule has 0 unspecified atom stereocenters. The van der Waals surface area contributed by atoms with E-state index < -0.39 is 5.78 Å². The Balaban J connectivity index is 1.84. The number of Topliss-reactive ketones (excluding diaryl/α,β-unsaturated/α-hetero) is 1. The zero-order chi connectivity index (χ0) is 27.1. The monoisotopic (exact) mass is 500 g/mol. The SMILES string of the molecule is Cc1cc(C)c(Nc2ccc3c(C(=O)C=O)c4ccccc4cc3c2Nc2c(C)cc(C)cc2C)c(C)c1. The summed E-state index contributed by atoms with van der Waals surface area (Å²) < 4.78 is 0. The summed E-state index contributed by atoms with van der Waals surface area (Å²) in [7, 11) is 0. The molecule has 4 nitrogen and oxygen atoms in total. The minimum atomic E-state index is -0.522. The van der Waals surface area contributed by atoms with Crippen LogP contribution in [-0.2, 0) is 4.79 Å². The fourth-order valence-electron chi connectivity index (χ4n) is 5.72. The molecule has 190 valence electrons. The van der Waals surface area contributed by atoms with Gasteiger partial charge in [-0.1, -0.05) is 65.7 Å². The molecule has 0 heterocycles. The predicted molar refractivity (Wildman–Crippen MR) is 160 cm³/mol. The molecule has 0 aliphatic heterocycles. The molecule has 0 aliphatic carbocycles. The molecule has 0 aliphatic rings. The summed E-state index contributed by atoms with van der Waals surface area (Å²) >= 11 is 0. The van der Waals surface area contributed by atoms with E-state index in [0.717, 1.165) is 66.5 Å². The smallest absolute Gasteiger partial charge is 0.226 e. The second-order valence-electron chi connectivity index (χ2n) is 10.3. The lowest BCUT2D eigenvalue weighted by atomic mass is 9.92. The molecule has 5 rings (SSSR count). The number of carbonyl (C=O) groups is 2. The van der Waals surface area contributed by atoms with E-state index in [0.29, 0.717) is 11.8 Å². The van der Waals surface area contributed by atoms with Gasteiger partial charge >= 0.3 is 0 Å². The Labute approximate surface area is 223 Å². The first kappa shape index (κ1) is 25.2. The number of hydrogen-bond donors (Lipinski definition) is 2. The number of ketones is 1. The molecule has 0 radical (unpaired) electrons. The summed E-state index contributed by atoms with van der Waals surface area (Å²) in [5.74, 6) is -0.522. The van der Waals surface area contributed by atoms with Gasteiger partial charge in [0.15, 0.2) is 6.29 Å². The minimum Gasteiger partial charge on any atom is -0.353 e. The van der Waals surface area contributed by atoms with Crippen LogP contribution in [0, 0.1) is 41.5 Å². The molecule has 0 fully saturated rings. The van der Waals surface area contributed by atoms with Crippen LogP contribution in [0.2, 0.25) is 0 Å². The van der Waals surface area contributed by atoms with E-state index in [9.17, 15) is 9.59 Å². The Hall–Kier alpha value is -4.44. The van der Waals surface area contributed by atoms with Gasteiger partial charge < -0.3 is 10.6 Å². The Morgan fingerprint density at radius 3 is 1.74 bits per heavy atom. The molecule has 38 heavy (non-hydrogen) atoms. The van der Waals surface area contributed by atoms with Crippen molar-refractivity contribution >= 4 is 56.4 Å². The van der Waals surface area contributed by atoms with Crippen LogP contribution in [0.4, 0.5) is 22.7 Å². The van der Waals surface area contributed by atoms with Crippen LogP contribution in [0.3, 0.4) is 0 Å². The van der Waals surface area contributed by atoms with Crippen molar-refractivity contribution in [1.29, 1.82) is 0 Å². The zero-order valence-electron chi connectivity index (χ0n) is 22.7. The Bertz CT molecular complexity index is 1720. The third-order valence-electron chi connectivity index (χ3n) is 7.26.